The second-order valence-electron chi connectivity index (χ2n) is 3.86. The van der Waals surface area contributed by atoms with Crippen LogP contribution < -0.4 is 11.1 Å². The standard InChI is InChI=1S/C13H10ClFN2O2/c14-9-6-8(15)2-4-11(9)17-12-3-1-7(13(18)19)5-10(12)16/h1-6,17H,16H2,(H,18,19). The van der Waals surface area contributed by atoms with Crippen molar-refractivity contribution in [3.63, 3.8) is 0 Å². The molecule has 0 spiro atoms. The molecule has 0 radical (unpaired) electrons. The molecule has 0 aliphatic carbocycles. The van der Waals surface area contributed by atoms with Crippen molar-refractivity contribution in [1.82, 2.24) is 0 Å². The summed E-state index contributed by atoms with van der Waals surface area (Å²) in [4.78, 5) is 10.8. The van der Waals surface area contributed by atoms with Crippen molar-refractivity contribution in [3.05, 3.63) is 52.8 Å². The second kappa shape index (κ2) is 5.16. The number of anilines is 3. The van der Waals surface area contributed by atoms with Crippen LogP contribution in [0.15, 0.2) is 36.4 Å². The van der Waals surface area contributed by atoms with Gasteiger partial charge in [-0.25, -0.2) is 9.18 Å². The van der Waals surface area contributed by atoms with E-state index < -0.39 is 11.8 Å². The van der Waals surface area contributed by atoms with Gasteiger partial charge in [-0.1, -0.05) is 11.6 Å². The van der Waals surface area contributed by atoms with E-state index in [1.165, 1.54) is 36.4 Å². The Morgan fingerprint density at radius 3 is 2.47 bits per heavy atom. The topological polar surface area (TPSA) is 75.4 Å². The van der Waals surface area contributed by atoms with Crippen molar-refractivity contribution in [2.45, 2.75) is 0 Å². The maximum atomic E-state index is 12.9. The summed E-state index contributed by atoms with van der Waals surface area (Å²) in [5.74, 6) is -1.50. The number of hydrogen-bond acceptors (Lipinski definition) is 3. The Kier molecular flexibility index (Phi) is 3.57. The van der Waals surface area contributed by atoms with Crippen molar-refractivity contribution in [2.24, 2.45) is 0 Å². The zero-order chi connectivity index (χ0) is 14.0. The number of hydrogen-bond donors (Lipinski definition) is 3. The maximum absolute atomic E-state index is 12.9. The molecule has 2 rings (SSSR count). The van der Waals surface area contributed by atoms with Gasteiger partial charge in [-0.05, 0) is 36.4 Å². The monoisotopic (exact) mass is 280 g/mol. The lowest BCUT2D eigenvalue weighted by molar-refractivity contribution is 0.0697. The number of nitrogens with two attached hydrogens (primary N) is 1. The minimum atomic E-state index is -1.06. The van der Waals surface area contributed by atoms with Crippen LogP contribution in [-0.2, 0) is 0 Å². The van der Waals surface area contributed by atoms with E-state index in [-0.39, 0.29) is 16.3 Å². The zero-order valence-electron chi connectivity index (χ0n) is 9.65. The molecule has 0 heterocycles. The molecule has 2 aromatic rings. The van der Waals surface area contributed by atoms with E-state index in [4.69, 9.17) is 22.4 Å². The maximum Gasteiger partial charge on any atom is 0.335 e. The first kappa shape index (κ1) is 13.2. The number of carbonyl (C=O) groups is 1. The van der Waals surface area contributed by atoms with Gasteiger partial charge in [0.05, 0.1) is 27.6 Å². The first-order chi connectivity index (χ1) is 8.97. The summed E-state index contributed by atoms with van der Waals surface area (Å²) in [5, 5.41) is 12.0. The van der Waals surface area contributed by atoms with Crippen LogP contribution in [0.3, 0.4) is 0 Å². The fourth-order valence-corrected chi connectivity index (χ4v) is 1.76. The first-order valence-corrected chi connectivity index (χ1v) is 5.70. The van der Waals surface area contributed by atoms with Crippen LogP contribution in [-0.4, -0.2) is 11.1 Å². The molecular formula is C13H10ClFN2O2. The number of rotatable bonds is 3. The lowest BCUT2D eigenvalue weighted by atomic mass is 10.1. The summed E-state index contributed by atoms with van der Waals surface area (Å²) in [5.41, 5.74) is 7.08. The van der Waals surface area contributed by atoms with Crippen LogP contribution in [0.5, 0.6) is 0 Å². The number of halogens is 2. The smallest absolute Gasteiger partial charge is 0.335 e. The molecule has 4 N–H and O–H groups in total. The average Bonchev–Trinajstić information content (AvgIpc) is 2.34. The molecule has 6 heteroatoms. The third kappa shape index (κ3) is 2.95. The fraction of sp³-hybridized carbons (Fsp3) is 0. The van der Waals surface area contributed by atoms with E-state index in [1.807, 2.05) is 0 Å². The summed E-state index contributed by atoms with van der Waals surface area (Å²) >= 11 is 5.88. The highest BCUT2D eigenvalue weighted by atomic mass is 35.5. The highest BCUT2D eigenvalue weighted by Gasteiger charge is 2.08. The van der Waals surface area contributed by atoms with Gasteiger partial charge in [0.2, 0.25) is 0 Å². The molecule has 0 saturated carbocycles. The predicted molar refractivity (Wildman–Crippen MR) is 72.5 cm³/mol. The normalized spacial score (nSPS) is 10.2. The van der Waals surface area contributed by atoms with Crippen LogP contribution in [0.1, 0.15) is 10.4 Å². The van der Waals surface area contributed by atoms with Crippen molar-refractivity contribution in [3.8, 4) is 0 Å². The molecule has 2 aromatic carbocycles. The number of carboxylic acids is 1. The molecule has 0 unspecified atom stereocenters. The molecule has 4 nitrogen and oxygen atoms in total. The van der Waals surface area contributed by atoms with Crippen LogP contribution in [0.2, 0.25) is 5.02 Å². The molecule has 0 bridgehead atoms. The molecule has 19 heavy (non-hydrogen) atoms. The van der Waals surface area contributed by atoms with Crippen molar-refractivity contribution < 1.29 is 14.3 Å². The van der Waals surface area contributed by atoms with Gasteiger partial charge in [0, 0.05) is 0 Å². The lowest BCUT2D eigenvalue weighted by Gasteiger charge is -2.11. The minimum Gasteiger partial charge on any atom is -0.478 e. The largest absolute Gasteiger partial charge is 0.478 e. The third-order valence-corrected chi connectivity index (χ3v) is 2.81. The number of nitrogens with one attached hydrogen (secondary N) is 1. The molecule has 0 aliphatic rings. The van der Waals surface area contributed by atoms with E-state index in [2.05, 4.69) is 5.32 Å². The summed E-state index contributed by atoms with van der Waals surface area (Å²) in [6, 6.07) is 8.18. The van der Waals surface area contributed by atoms with Gasteiger partial charge in [-0.15, -0.1) is 0 Å². The Bertz CT molecular complexity index is 647. The van der Waals surface area contributed by atoms with E-state index in [1.54, 1.807) is 0 Å². The van der Waals surface area contributed by atoms with Gasteiger partial charge >= 0.3 is 5.97 Å². The highest BCUT2D eigenvalue weighted by Crippen LogP contribution is 2.29. The van der Waals surface area contributed by atoms with Crippen LogP contribution >= 0.6 is 11.6 Å². The summed E-state index contributed by atoms with van der Waals surface area (Å²) < 4.78 is 12.9. The molecular weight excluding hydrogens is 271 g/mol. The summed E-state index contributed by atoms with van der Waals surface area (Å²) in [6.45, 7) is 0. The molecule has 0 aromatic heterocycles. The minimum absolute atomic E-state index is 0.0910. The van der Waals surface area contributed by atoms with Crippen molar-refractivity contribution in [1.29, 1.82) is 0 Å². The first-order valence-electron chi connectivity index (χ1n) is 5.32. The average molecular weight is 281 g/mol. The Morgan fingerprint density at radius 1 is 1.21 bits per heavy atom. The fourth-order valence-electron chi connectivity index (χ4n) is 1.55. The number of aromatic carboxylic acids is 1. The van der Waals surface area contributed by atoms with Crippen molar-refractivity contribution >= 4 is 34.6 Å². The molecule has 98 valence electrons. The Hall–Kier alpha value is -2.27. The van der Waals surface area contributed by atoms with Gasteiger partial charge in [0.25, 0.3) is 0 Å². The second-order valence-corrected chi connectivity index (χ2v) is 4.26. The predicted octanol–water partition coefficient (Wildman–Crippen LogP) is 3.50. The number of nitrogen functional groups attached to an aromatic ring is 1. The van der Waals surface area contributed by atoms with Crippen molar-refractivity contribution in [2.75, 3.05) is 11.1 Å². The quantitative estimate of drug-likeness (QED) is 0.752. The van der Waals surface area contributed by atoms with Gasteiger partial charge in [0.15, 0.2) is 0 Å². The Balaban J connectivity index is 2.31. The zero-order valence-corrected chi connectivity index (χ0v) is 10.4. The lowest BCUT2D eigenvalue weighted by Crippen LogP contribution is -2.01. The number of carboxylic acid groups (broad SMARTS) is 1. The van der Waals surface area contributed by atoms with Gasteiger partial charge < -0.3 is 16.2 Å². The SMILES string of the molecule is Nc1cc(C(=O)O)ccc1Nc1ccc(F)cc1Cl. The van der Waals surface area contributed by atoms with Gasteiger partial charge in [-0.2, -0.15) is 0 Å². The van der Waals surface area contributed by atoms with Gasteiger partial charge in [-0.3, -0.25) is 0 Å². The third-order valence-electron chi connectivity index (χ3n) is 2.50. The van der Waals surface area contributed by atoms with Crippen LogP contribution in [0, 0.1) is 5.82 Å². The molecule has 0 saturated heterocycles. The van der Waals surface area contributed by atoms with Crippen LogP contribution in [0.4, 0.5) is 21.5 Å². The van der Waals surface area contributed by atoms with E-state index in [0.29, 0.717) is 11.4 Å². The van der Waals surface area contributed by atoms with Crippen LogP contribution in [0.25, 0.3) is 0 Å². The molecule has 0 amide bonds. The number of benzene rings is 2. The van der Waals surface area contributed by atoms with Gasteiger partial charge in [0.1, 0.15) is 5.82 Å². The highest BCUT2D eigenvalue weighted by molar-refractivity contribution is 6.33. The Morgan fingerprint density at radius 2 is 1.89 bits per heavy atom. The molecule has 0 aliphatic heterocycles. The Labute approximate surface area is 113 Å². The van der Waals surface area contributed by atoms with E-state index in [9.17, 15) is 9.18 Å². The summed E-state index contributed by atoms with van der Waals surface area (Å²) in [6.07, 6.45) is 0. The van der Waals surface area contributed by atoms with E-state index in [0.717, 1.165) is 0 Å². The molecule has 0 fully saturated rings. The summed E-state index contributed by atoms with van der Waals surface area (Å²) in [7, 11) is 0. The molecule has 0 atom stereocenters. The van der Waals surface area contributed by atoms with E-state index >= 15 is 0 Å².